The van der Waals surface area contributed by atoms with Gasteiger partial charge in [0.15, 0.2) is 5.78 Å². The summed E-state index contributed by atoms with van der Waals surface area (Å²) >= 11 is 0. The predicted octanol–water partition coefficient (Wildman–Crippen LogP) is 1.07. The first-order valence-electron chi connectivity index (χ1n) is 5.89. The van der Waals surface area contributed by atoms with Gasteiger partial charge < -0.3 is 4.74 Å². The van der Waals surface area contributed by atoms with E-state index in [0.717, 1.165) is 13.0 Å². The van der Waals surface area contributed by atoms with Crippen LogP contribution < -0.4 is 0 Å². The van der Waals surface area contributed by atoms with Crippen LogP contribution in [0.15, 0.2) is 0 Å². The maximum absolute atomic E-state index is 11.9. The van der Waals surface area contributed by atoms with Gasteiger partial charge in [-0.25, -0.2) is 0 Å². The average Bonchev–Trinajstić information content (AvgIpc) is 2.81. The van der Waals surface area contributed by atoms with Crippen LogP contribution in [0.5, 0.6) is 0 Å². The first-order valence-corrected chi connectivity index (χ1v) is 5.89. The number of likely N-dealkylation sites (N-methyl/N-ethyl adjacent to an activating group) is 1. The molecule has 90 valence electrons. The van der Waals surface area contributed by atoms with Crippen molar-refractivity contribution in [2.45, 2.75) is 20.3 Å². The highest BCUT2D eigenvalue weighted by Gasteiger charge is 2.24. The van der Waals surface area contributed by atoms with Crippen molar-refractivity contribution in [1.82, 2.24) is 4.90 Å². The molecule has 4 heteroatoms. The van der Waals surface area contributed by atoms with Gasteiger partial charge in [0, 0.05) is 19.1 Å². The largest absolute Gasteiger partial charge is 0.381 e. The van der Waals surface area contributed by atoms with E-state index in [2.05, 4.69) is 6.07 Å². The Balaban J connectivity index is 2.37. The van der Waals surface area contributed by atoms with Crippen molar-refractivity contribution in [3.05, 3.63) is 0 Å². The minimum atomic E-state index is -0.0208. The molecule has 0 aliphatic carbocycles. The molecule has 1 heterocycles. The van der Waals surface area contributed by atoms with Gasteiger partial charge in [0.05, 0.1) is 25.1 Å². The third-order valence-electron chi connectivity index (χ3n) is 2.96. The third kappa shape index (κ3) is 3.92. The molecule has 1 fully saturated rings. The van der Waals surface area contributed by atoms with E-state index >= 15 is 0 Å². The summed E-state index contributed by atoms with van der Waals surface area (Å²) in [6.45, 7) is 7.11. The third-order valence-corrected chi connectivity index (χ3v) is 2.96. The second-order valence-corrected chi connectivity index (χ2v) is 4.38. The van der Waals surface area contributed by atoms with Crippen molar-refractivity contribution in [2.24, 2.45) is 11.8 Å². The second kappa shape index (κ2) is 6.62. The second-order valence-electron chi connectivity index (χ2n) is 4.38. The molecule has 0 bridgehead atoms. The molecular weight excluding hydrogens is 204 g/mol. The normalized spacial score (nSPS) is 22.0. The van der Waals surface area contributed by atoms with E-state index in [1.165, 1.54) is 0 Å². The minimum Gasteiger partial charge on any atom is -0.381 e. The number of nitrogens with zero attached hydrogens (tertiary/aromatic N) is 2. The van der Waals surface area contributed by atoms with Crippen molar-refractivity contribution < 1.29 is 9.53 Å². The number of hydrogen-bond donors (Lipinski definition) is 0. The van der Waals surface area contributed by atoms with Crippen LogP contribution >= 0.6 is 0 Å². The number of ether oxygens (including phenoxy) is 1. The number of ketones is 1. The lowest BCUT2D eigenvalue weighted by molar-refractivity contribution is -0.124. The molecule has 0 aromatic heterocycles. The molecule has 0 amide bonds. The van der Waals surface area contributed by atoms with Crippen molar-refractivity contribution in [2.75, 3.05) is 32.8 Å². The maximum atomic E-state index is 11.9. The van der Waals surface area contributed by atoms with Gasteiger partial charge in [-0.15, -0.1) is 0 Å². The topological polar surface area (TPSA) is 53.3 Å². The minimum absolute atomic E-state index is 0.0208. The highest BCUT2D eigenvalue weighted by Crippen LogP contribution is 2.14. The molecule has 16 heavy (non-hydrogen) atoms. The maximum Gasteiger partial charge on any atom is 0.152 e. The molecule has 2 unspecified atom stereocenters. The van der Waals surface area contributed by atoms with Crippen LogP contribution in [-0.4, -0.2) is 43.5 Å². The van der Waals surface area contributed by atoms with Gasteiger partial charge in [0.1, 0.15) is 0 Å². The molecule has 1 aliphatic rings. The van der Waals surface area contributed by atoms with Crippen molar-refractivity contribution in [3.63, 3.8) is 0 Å². The summed E-state index contributed by atoms with van der Waals surface area (Å²) in [5, 5.41) is 8.74. The Hall–Kier alpha value is -0.920. The molecule has 0 N–H and O–H groups in total. The zero-order valence-electron chi connectivity index (χ0n) is 10.1. The van der Waals surface area contributed by atoms with Gasteiger partial charge in [-0.2, -0.15) is 5.26 Å². The molecule has 0 aromatic carbocycles. The fourth-order valence-corrected chi connectivity index (χ4v) is 1.87. The SMILES string of the molecule is CCN(CC(=O)C1CCOC1)CC(C)C#N. The van der Waals surface area contributed by atoms with E-state index in [9.17, 15) is 4.79 Å². The number of carbonyl (C=O) groups is 1. The quantitative estimate of drug-likeness (QED) is 0.677. The van der Waals surface area contributed by atoms with Crippen LogP contribution in [0.2, 0.25) is 0 Å². The Labute approximate surface area is 97.2 Å². The molecule has 1 rings (SSSR count). The van der Waals surface area contributed by atoms with Gasteiger partial charge in [-0.3, -0.25) is 9.69 Å². The molecule has 1 aliphatic heterocycles. The number of carbonyl (C=O) groups excluding carboxylic acids is 1. The van der Waals surface area contributed by atoms with Gasteiger partial charge in [0.2, 0.25) is 0 Å². The van der Waals surface area contributed by atoms with Crippen LogP contribution in [0.4, 0.5) is 0 Å². The lowest BCUT2D eigenvalue weighted by atomic mass is 10.0. The standard InChI is InChI=1S/C12H20N2O2/c1-3-14(7-10(2)6-13)8-12(15)11-4-5-16-9-11/h10-11H,3-5,7-9H2,1-2H3. The van der Waals surface area contributed by atoms with Crippen molar-refractivity contribution >= 4 is 5.78 Å². The van der Waals surface area contributed by atoms with Crippen molar-refractivity contribution in [3.8, 4) is 6.07 Å². The molecular formula is C12H20N2O2. The number of hydrogen-bond acceptors (Lipinski definition) is 4. The van der Waals surface area contributed by atoms with Crippen LogP contribution in [0.25, 0.3) is 0 Å². The molecule has 2 atom stereocenters. The summed E-state index contributed by atoms with van der Waals surface area (Å²) in [7, 11) is 0. The summed E-state index contributed by atoms with van der Waals surface area (Å²) in [4.78, 5) is 13.9. The molecule has 0 aromatic rings. The Kier molecular flexibility index (Phi) is 5.44. The lowest BCUT2D eigenvalue weighted by Gasteiger charge is -2.21. The van der Waals surface area contributed by atoms with Crippen LogP contribution in [-0.2, 0) is 9.53 Å². The summed E-state index contributed by atoms with van der Waals surface area (Å²) in [5.74, 6) is 0.309. The van der Waals surface area contributed by atoms with Crippen molar-refractivity contribution in [1.29, 1.82) is 5.26 Å². The highest BCUT2D eigenvalue weighted by atomic mass is 16.5. The first-order chi connectivity index (χ1) is 7.67. The predicted molar refractivity (Wildman–Crippen MR) is 60.8 cm³/mol. The van der Waals surface area contributed by atoms with E-state index < -0.39 is 0 Å². The van der Waals surface area contributed by atoms with E-state index in [0.29, 0.717) is 26.3 Å². The highest BCUT2D eigenvalue weighted by molar-refractivity contribution is 5.83. The van der Waals surface area contributed by atoms with Gasteiger partial charge in [-0.1, -0.05) is 6.92 Å². The number of nitriles is 1. The Morgan fingerprint density at radius 1 is 1.69 bits per heavy atom. The van der Waals surface area contributed by atoms with E-state index in [1.54, 1.807) is 0 Å². The molecule has 0 saturated carbocycles. The lowest BCUT2D eigenvalue weighted by Crippen LogP contribution is -2.36. The molecule has 0 radical (unpaired) electrons. The first kappa shape index (κ1) is 13.1. The van der Waals surface area contributed by atoms with E-state index in [4.69, 9.17) is 10.00 Å². The van der Waals surface area contributed by atoms with Crippen LogP contribution in [0, 0.1) is 23.2 Å². The Morgan fingerprint density at radius 3 is 2.94 bits per heavy atom. The van der Waals surface area contributed by atoms with E-state index in [1.807, 2.05) is 18.7 Å². The molecule has 4 nitrogen and oxygen atoms in total. The zero-order valence-corrected chi connectivity index (χ0v) is 10.1. The summed E-state index contributed by atoms with van der Waals surface area (Å²) in [6.07, 6.45) is 0.851. The Bertz CT molecular complexity index is 267. The fourth-order valence-electron chi connectivity index (χ4n) is 1.87. The fraction of sp³-hybridized carbons (Fsp3) is 0.833. The summed E-state index contributed by atoms with van der Waals surface area (Å²) < 4.78 is 5.20. The smallest absolute Gasteiger partial charge is 0.152 e. The van der Waals surface area contributed by atoms with Gasteiger partial charge in [-0.05, 0) is 19.9 Å². The average molecular weight is 224 g/mol. The van der Waals surface area contributed by atoms with Crippen LogP contribution in [0.1, 0.15) is 20.3 Å². The van der Waals surface area contributed by atoms with Gasteiger partial charge in [0.25, 0.3) is 0 Å². The number of Topliss-reactive ketones (excluding diaryl/α,β-unsaturated/α-hetero) is 1. The van der Waals surface area contributed by atoms with Crippen LogP contribution in [0.3, 0.4) is 0 Å². The number of rotatable bonds is 6. The van der Waals surface area contributed by atoms with E-state index in [-0.39, 0.29) is 17.6 Å². The molecule has 1 saturated heterocycles. The monoisotopic (exact) mass is 224 g/mol. The molecule has 0 spiro atoms. The summed E-state index contributed by atoms with van der Waals surface area (Å²) in [5.41, 5.74) is 0. The zero-order chi connectivity index (χ0) is 12.0. The Morgan fingerprint density at radius 2 is 2.44 bits per heavy atom. The van der Waals surface area contributed by atoms with Gasteiger partial charge >= 0.3 is 0 Å². The summed E-state index contributed by atoms with van der Waals surface area (Å²) in [6, 6.07) is 2.19.